The van der Waals surface area contributed by atoms with Gasteiger partial charge in [0.15, 0.2) is 28.2 Å². The van der Waals surface area contributed by atoms with Crippen LogP contribution in [0.15, 0.2) is 53.6 Å². The van der Waals surface area contributed by atoms with Crippen molar-refractivity contribution in [3.63, 3.8) is 0 Å². The van der Waals surface area contributed by atoms with Gasteiger partial charge in [-0.1, -0.05) is 52.5 Å². The van der Waals surface area contributed by atoms with Crippen molar-refractivity contribution in [3.8, 4) is 5.75 Å². The second-order valence-corrected chi connectivity index (χ2v) is 14.1. The second kappa shape index (κ2) is 13.0. The Morgan fingerprint density at radius 1 is 0.936 bits per heavy atom. The Hall–Kier alpha value is -4.46. The number of allylic oxidation sites excluding steroid dienone is 1. The number of carboxylic acids is 1. The van der Waals surface area contributed by atoms with E-state index in [-0.39, 0.29) is 28.4 Å². The highest BCUT2D eigenvalue weighted by Gasteiger charge is 2.39. The van der Waals surface area contributed by atoms with Crippen LogP contribution in [0.2, 0.25) is 0 Å². The van der Waals surface area contributed by atoms with Crippen LogP contribution in [0, 0.1) is 29.1 Å². The van der Waals surface area contributed by atoms with Gasteiger partial charge in [-0.2, -0.15) is 0 Å². The Kier molecular flexibility index (Phi) is 9.77. The van der Waals surface area contributed by atoms with Crippen LogP contribution in [0.3, 0.4) is 0 Å². The minimum absolute atomic E-state index is 0.0673. The minimum Gasteiger partial charge on any atom is -0.507 e. The molecule has 0 aliphatic heterocycles. The minimum atomic E-state index is -5.62. The molecule has 47 heavy (non-hydrogen) atoms. The number of halogens is 5. The van der Waals surface area contributed by atoms with Crippen LogP contribution in [0.25, 0.3) is 0 Å². The maximum atomic E-state index is 14.7. The van der Waals surface area contributed by atoms with Gasteiger partial charge < -0.3 is 15.1 Å². The molecule has 0 heterocycles. The fraction of sp³-hybridized carbons (Fsp3) is 0.333. The summed E-state index contributed by atoms with van der Waals surface area (Å²) in [5.74, 6) is -15.7. The first kappa shape index (κ1) is 35.4. The molecule has 0 radical (unpaired) electrons. The second-order valence-electron chi connectivity index (χ2n) is 12.3. The zero-order valence-corrected chi connectivity index (χ0v) is 26.8. The molecule has 0 unspecified atom stereocenters. The number of nitrogens with zero attached hydrogens (tertiary/aromatic N) is 2. The summed E-state index contributed by atoms with van der Waals surface area (Å²) >= 11 is 0. The molecule has 3 aromatic rings. The first-order valence-corrected chi connectivity index (χ1v) is 16.0. The summed E-state index contributed by atoms with van der Waals surface area (Å²) < 4.78 is 98.6. The zero-order valence-electron chi connectivity index (χ0n) is 26.0. The van der Waals surface area contributed by atoms with Gasteiger partial charge in [0.1, 0.15) is 17.9 Å². The fourth-order valence-electron chi connectivity index (χ4n) is 4.94. The first-order valence-electron chi connectivity index (χ1n) is 14.5. The van der Waals surface area contributed by atoms with E-state index in [1.165, 1.54) is 13.0 Å². The number of benzene rings is 3. The van der Waals surface area contributed by atoms with Crippen LogP contribution in [0.5, 0.6) is 5.75 Å². The predicted molar refractivity (Wildman–Crippen MR) is 163 cm³/mol. The number of carbonyl (C=O) groups excluding carboxylic acids is 1. The molecule has 1 saturated carbocycles. The largest absolute Gasteiger partial charge is 0.507 e. The van der Waals surface area contributed by atoms with Crippen LogP contribution in [0.4, 0.5) is 27.6 Å². The van der Waals surface area contributed by atoms with Gasteiger partial charge in [-0.25, -0.2) is 35.2 Å². The lowest BCUT2D eigenvalue weighted by Gasteiger charge is -2.30. The summed E-state index contributed by atoms with van der Waals surface area (Å²) in [6.45, 7) is 9.48. The number of aromatic hydroxyl groups is 1. The SMILES string of the molecule is C=C(CC)N(CC(=O)N(Cc1cc(C2CC2)cc(C(C)(C)C)c1)c1ccc(C(=O)O)c(O)c1)S(=O)(=O)c1c(F)c(F)c(F)c(F)c1F. The predicted octanol–water partition coefficient (Wildman–Crippen LogP) is 7.11. The molecule has 2 N–H and O–H groups in total. The highest BCUT2D eigenvalue weighted by atomic mass is 32.2. The number of hydrogen-bond donors (Lipinski definition) is 2. The normalized spacial score (nSPS) is 13.4. The van der Waals surface area contributed by atoms with Gasteiger partial charge in [0, 0.05) is 17.5 Å². The summed E-state index contributed by atoms with van der Waals surface area (Å²) in [5.41, 5.74) is 1.27. The first-order chi connectivity index (χ1) is 21.8. The van der Waals surface area contributed by atoms with Crippen molar-refractivity contribution in [2.45, 2.75) is 69.7 Å². The summed E-state index contributed by atoms with van der Waals surface area (Å²) in [6.07, 6.45) is 1.71. The lowest BCUT2D eigenvalue weighted by Crippen LogP contribution is -2.43. The van der Waals surface area contributed by atoms with Crippen molar-refractivity contribution >= 4 is 27.6 Å². The number of carboxylic acid groups (broad SMARTS) is 1. The van der Waals surface area contributed by atoms with E-state index in [9.17, 15) is 50.2 Å². The van der Waals surface area contributed by atoms with E-state index in [0.717, 1.165) is 41.0 Å². The quantitative estimate of drug-likeness (QED) is 0.127. The van der Waals surface area contributed by atoms with Crippen LogP contribution in [-0.4, -0.2) is 41.4 Å². The van der Waals surface area contributed by atoms with Crippen molar-refractivity contribution < 1.29 is 50.2 Å². The van der Waals surface area contributed by atoms with Crippen LogP contribution >= 0.6 is 0 Å². The third-order valence-electron chi connectivity index (χ3n) is 7.85. The van der Waals surface area contributed by atoms with E-state index in [1.807, 2.05) is 32.9 Å². The maximum Gasteiger partial charge on any atom is 0.339 e. The lowest BCUT2D eigenvalue weighted by atomic mass is 9.84. The van der Waals surface area contributed by atoms with Gasteiger partial charge in [-0.3, -0.25) is 9.10 Å². The number of phenols is 1. The number of aromatic carboxylic acids is 1. The molecule has 1 fully saturated rings. The summed E-state index contributed by atoms with van der Waals surface area (Å²) in [6, 6.07) is 8.98. The Labute approximate surface area is 268 Å². The molecular formula is C33H33F5N2O6S. The Morgan fingerprint density at radius 3 is 2.00 bits per heavy atom. The van der Waals surface area contributed by atoms with Gasteiger partial charge >= 0.3 is 5.97 Å². The Morgan fingerprint density at radius 2 is 1.51 bits per heavy atom. The van der Waals surface area contributed by atoms with Gasteiger partial charge in [0.2, 0.25) is 11.7 Å². The van der Waals surface area contributed by atoms with E-state index >= 15 is 0 Å². The van der Waals surface area contributed by atoms with Crippen molar-refractivity contribution in [1.82, 2.24) is 4.31 Å². The van der Waals surface area contributed by atoms with Gasteiger partial charge in [-0.05, 0) is 59.4 Å². The topological polar surface area (TPSA) is 115 Å². The van der Waals surface area contributed by atoms with Crippen molar-refractivity contribution in [2.24, 2.45) is 0 Å². The molecule has 1 amide bonds. The summed E-state index contributed by atoms with van der Waals surface area (Å²) in [7, 11) is -5.62. The molecular weight excluding hydrogens is 647 g/mol. The smallest absolute Gasteiger partial charge is 0.339 e. The molecule has 0 bridgehead atoms. The molecule has 8 nitrogen and oxygen atoms in total. The monoisotopic (exact) mass is 680 g/mol. The average Bonchev–Trinajstić information content (AvgIpc) is 3.85. The molecule has 0 aromatic heterocycles. The Bertz CT molecular complexity index is 1860. The van der Waals surface area contributed by atoms with Crippen molar-refractivity contribution in [3.05, 3.63) is 100 Å². The van der Waals surface area contributed by atoms with Gasteiger partial charge in [0.25, 0.3) is 10.0 Å². The average molecular weight is 681 g/mol. The highest BCUT2D eigenvalue weighted by Crippen LogP contribution is 2.42. The molecule has 0 spiro atoms. The molecule has 0 saturated heterocycles. The third kappa shape index (κ3) is 7.11. The van der Waals surface area contributed by atoms with Crippen molar-refractivity contribution in [1.29, 1.82) is 0 Å². The molecule has 1 aliphatic carbocycles. The molecule has 3 aromatic carbocycles. The lowest BCUT2D eigenvalue weighted by molar-refractivity contribution is -0.118. The van der Waals surface area contributed by atoms with E-state index in [2.05, 4.69) is 12.6 Å². The molecule has 4 rings (SSSR count). The van der Waals surface area contributed by atoms with Crippen LogP contribution < -0.4 is 4.90 Å². The van der Waals surface area contributed by atoms with Gasteiger partial charge in [-0.15, -0.1) is 0 Å². The number of rotatable bonds is 11. The van der Waals surface area contributed by atoms with E-state index in [0.29, 0.717) is 11.5 Å². The van der Waals surface area contributed by atoms with Crippen LogP contribution in [-0.2, 0) is 26.8 Å². The van der Waals surface area contributed by atoms with Crippen LogP contribution in [0.1, 0.15) is 79.9 Å². The molecule has 252 valence electrons. The molecule has 1 aliphatic rings. The molecule has 0 atom stereocenters. The van der Waals surface area contributed by atoms with E-state index in [1.54, 1.807) is 0 Å². The number of carbonyl (C=O) groups is 2. The fourth-order valence-corrected chi connectivity index (χ4v) is 6.54. The standard InChI is InChI=1S/C33H33F5N2O6S/c1-6-17(2)40(47(45,46)31-29(37)27(35)26(34)28(36)30(31)38)16-25(42)39(22-9-10-23(32(43)44)24(41)14-22)15-18-11-20(19-7-8-19)13-21(12-18)33(3,4)5/h9-14,19,41H,2,6-8,15-16H2,1,3-5H3,(H,43,44). The zero-order chi connectivity index (χ0) is 35.2. The van der Waals surface area contributed by atoms with Gasteiger partial charge in [0.05, 0.1) is 6.54 Å². The number of sulfonamides is 1. The van der Waals surface area contributed by atoms with E-state index < -0.39 is 79.4 Å². The maximum absolute atomic E-state index is 14.7. The summed E-state index contributed by atoms with van der Waals surface area (Å²) in [5, 5.41) is 19.8. The molecule has 14 heteroatoms. The number of amides is 1. The third-order valence-corrected chi connectivity index (χ3v) is 9.69. The highest BCUT2D eigenvalue weighted by molar-refractivity contribution is 7.89. The number of hydrogen-bond acceptors (Lipinski definition) is 5. The van der Waals surface area contributed by atoms with Crippen molar-refractivity contribution in [2.75, 3.05) is 11.4 Å². The Balaban J connectivity index is 1.85. The number of anilines is 1. The van der Waals surface area contributed by atoms with E-state index in [4.69, 9.17) is 0 Å². The summed E-state index contributed by atoms with van der Waals surface area (Å²) in [4.78, 5) is 24.4.